The molecule has 0 aliphatic carbocycles. The van der Waals surface area contributed by atoms with Crippen LogP contribution in [0.1, 0.15) is 12.2 Å². The molecule has 1 aromatic heterocycles. The van der Waals surface area contributed by atoms with E-state index in [1.807, 2.05) is 37.4 Å². The minimum absolute atomic E-state index is 0. The van der Waals surface area contributed by atoms with Gasteiger partial charge >= 0.3 is 0 Å². The maximum absolute atomic E-state index is 5.63. The summed E-state index contributed by atoms with van der Waals surface area (Å²) < 4.78 is 7.36. The van der Waals surface area contributed by atoms with Crippen molar-refractivity contribution < 1.29 is 4.74 Å². The second kappa shape index (κ2) is 10.8. The summed E-state index contributed by atoms with van der Waals surface area (Å²) in [7, 11) is 3.60. The third-order valence-electron chi connectivity index (χ3n) is 3.07. The van der Waals surface area contributed by atoms with Gasteiger partial charge in [0.25, 0.3) is 0 Å². The first kappa shape index (κ1) is 19.2. The molecule has 1 heterocycles. The standard InChI is InChI=1S/C15H22N6O.HI/c1-16-15(18-11-14-19-12-20-21(14)2)17-9-6-10-22-13-7-4-3-5-8-13;/h3-5,7-8,12H,6,9-11H2,1-2H3,(H2,16,17,18);1H. The van der Waals surface area contributed by atoms with Crippen molar-refractivity contribution in [3.8, 4) is 5.75 Å². The Kier molecular flexibility index (Phi) is 9.03. The van der Waals surface area contributed by atoms with E-state index in [9.17, 15) is 0 Å². The van der Waals surface area contributed by atoms with E-state index in [-0.39, 0.29) is 24.0 Å². The number of aliphatic imine (C=N–C) groups is 1. The molecule has 0 aliphatic rings. The van der Waals surface area contributed by atoms with Crippen LogP contribution < -0.4 is 15.4 Å². The normalized spacial score (nSPS) is 10.8. The molecular formula is C15H23IN6O. The summed E-state index contributed by atoms with van der Waals surface area (Å²) in [5, 5.41) is 10.5. The van der Waals surface area contributed by atoms with Crippen molar-refractivity contribution in [1.29, 1.82) is 0 Å². The van der Waals surface area contributed by atoms with Crippen molar-refractivity contribution in [1.82, 2.24) is 25.4 Å². The van der Waals surface area contributed by atoms with Crippen LogP contribution >= 0.6 is 24.0 Å². The molecule has 1 aromatic carbocycles. The summed E-state index contributed by atoms with van der Waals surface area (Å²) in [6, 6.07) is 9.81. The van der Waals surface area contributed by atoms with Crippen LogP contribution in [0.5, 0.6) is 5.75 Å². The summed E-state index contributed by atoms with van der Waals surface area (Å²) in [6.07, 6.45) is 2.42. The van der Waals surface area contributed by atoms with Gasteiger partial charge in [-0.2, -0.15) is 5.10 Å². The van der Waals surface area contributed by atoms with Crippen molar-refractivity contribution in [2.45, 2.75) is 13.0 Å². The lowest BCUT2D eigenvalue weighted by Crippen LogP contribution is -2.38. The van der Waals surface area contributed by atoms with Crippen LogP contribution in [-0.2, 0) is 13.6 Å². The summed E-state index contributed by atoms with van der Waals surface area (Å²) >= 11 is 0. The monoisotopic (exact) mass is 430 g/mol. The molecule has 2 N–H and O–H groups in total. The zero-order chi connectivity index (χ0) is 15.6. The Labute approximate surface area is 153 Å². The van der Waals surface area contributed by atoms with Gasteiger partial charge in [-0.25, -0.2) is 4.98 Å². The van der Waals surface area contributed by atoms with Crippen molar-refractivity contribution in [2.24, 2.45) is 12.0 Å². The smallest absolute Gasteiger partial charge is 0.191 e. The second-order valence-electron chi connectivity index (χ2n) is 4.67. The van der Waals surface area contributed by atoms with Crippen LogP contribution in [0.15, 0.2) is 41.7 Å². The topological polar surface area (TPSA) is 76.4 Å². The number of hydrogen-bond donors (Lipinski definition) is 2. The minimum Gasteiger partial charge on any atom is -0.494 e. The molecule has 126 valence electrons. The lowest BCUT2D eigenvalue weighted by molar-refractivity contribution is 0.311. The van der Waals surface area contributed by atoms with Crippen LogP contribution in [0, 0.1) is 0 Å². The van der Waals surface area contributed by atoms with Gasteiger partial charge in [0.05, 0.1) is 13.2 Å². The number of para-hydroxylation sites is 1. The van der Waals surface area contributed by atoms with Gasteiger partial charge in [-0.05, 0) is 18.6 Å². The second-order valence-corrected chi connectivity index (χ2v) is 4.67. The van der Waals surface area contributed by atoms with E-state index in [1.54, 1.807) is 11.7 Å². The lowest BCUT2D eigenvalue weighted by Gasteiger charge is -2.11. The molecule has 0 amide bonds. The molecule has 0 atom stereocenters. The third kappa shape index (κ3) is 6.85. The molecule has 8 heteroatoms. The molecule has 0 saturated carbocycles. The van der Waals surface area contributed by atoms with Crippen LogP contribution in [0.2, 0.25) is 0 Å². The zero-order valence-electron chi connectivity index (χ0n) is 13.4. The fourth-order valence-electron chi connectivity index (χ4n) is 1.85. The molecule has 0 bridgehead atoms. The first-order valence-electron chi connectivity index (χ1n) is 7.25. The number of halogens is 1. The average Bonchev–Trinajstić information content (AvgIpc) is 2.96. The van der Waals surface area contributed by atoms with E-state index in [0.29, 0.717) is 13.2 Å². The van der Waals surface area contributed by atoms with Gasteiger partial charge in [0.2, 0.25) is 0 Å². The number of rotatable bonds is 7. The van der Waals surface area contributed by atoms with Gasteiger partial charge in [-0.1, -0.05) is 18.2 Å². The SMILES string of the molecule is CN=C(NCCCOc1ccccc1)NCc1ncnn1C.I. The summed E-state index contributed by atoms with van der Waals surface area (Å²) in [6.45, 7) is 2.03. The molecule has 7 nitrogen and oxygen atoms in total. The molecule has 0 fully saturated rings. The Hall–Kier alpha value is -1.84. The largest absolute Gasteiger partial charge is 0.494 e. The molecule has 0 unspecified atom stereocenters. The summed E-state index contributed by atoms with van der Waals surface area (Å²) in [5.41, 5.74) is 0. The summed E-state index contributed by atoms with van der Waals surface area (Å²) in [5.74, 6) is 2.49. The van der Waals surface area contributed by atoms with Gasteiger partial charge in [0, 0.05) is 20.6 Å². The highest BCUT2D eigenvalue weighted by atomic mass is 127. The van der Waals surface area contributed by atoms with E-state index in [2.05, 4.69) is 25.7 Å². The number of guanidine groups is 1. The van der Waals surface area contributed by atoms with Gasteiger partial charge in [0.15, 0.2) is 5.96 Å². The predicted octanol–water partition coefficient (Wildman–Crippen LogP) is 1.57. The van der Waals surface area contributed by atoms with E-state index >= 15 is 0 Å². The number of benzene rings is 1. The molecule has 23 heavy (non-hydrogen) atoms. The van der Waals surface area contributed by atoms with Crippen molar-refractivity contribution >= 4 is 29.9 Å². The first-order chi connectivity index (χ1) is 10.8. The number of hydrogen-bond acceptors (Lipinski definition) is 4. The highest BCUT2D eigenvalue weighted by Crippen LogP contribution is 2.07. The fourth-order valence-corrected chi connectivity index (χ4v) is 1.85. The Balaban J connectivity index is 0.00000264. The maximum Gasteiger partial charge on any atom is 0.191 e. The Morgan fingerprint density at radius 1 is 1.26 bits per heavy atom. The van der Waals surface area contributed by atoms with Gasteiger partial charge in [-0.3, -0.25) is 9.67 Å². The Morgan fingerprint density at radius 2 is 2.04 bits per heavy atom. The van der Waals surface area contributed by atoms with Crippen LogP contribution in [0.25, 0.3) is 0 Å². The molecule has 0 radical (unpaired) electrons. The molecule has 0 spiro atoms. The predicted molar refractivity (Wildman–Crippen MR) is 101 cm³/mol. The maximum atomic E-state index is 5.63. The highest BCUT2D eigenvalue weighted by Gasteiger charge is 2.02. The van der Waals surface area contributed by atoms with Gasteiger partial charge in [0.1, 0.15) is 17.9 Å². The van der Waals surface area contributed by atoms with Crippen LogP contribution in [-0.4, -0.2) is 40.9 Å². The number of nitrogens with one attached hydrogen (secondary N) is 2. The average molecular weight is 430 g/mol. The number of nitrogens with zero attached hydrogens (tertiary/aromatic N) is 4. The van der Waals surface area contributed by atoms with Gasteiger partial charge < -0.3 is 15.4 Å². The molecule has 2 aromatic rings. The van der Waals surface area contributed by atoms with Crippen molar-refractivity contribution in [3.05, 3.63) is 42.5 Å². The first-order valence-corrected chi connectivity index (χ1v) is 7.25. The third-order valence-corrected chi connectivity index (χ3v) is 3.07. The molecule has 0 aliphatic heterocycles. The van der Waals surface area contributed by atoms with Crippen LogP contribution in [0.3, 0.4) is 0 Å². The van der Waals surface area contributed by atoms with E-state index in [4.69, 9.17) is 4.74 Å². The summed E-state index contributed by atoms with van der Waals surface area (Å²) in [4.78, 5) is 8.32. The van der Waals surface area contributed by atoms with Crippen molar-refractivity contribution in [3.63, 3.8) is 0 Å². The molecular weight excluding hydrogens is 407 g/mol. The molecule has 0 saturated heterocycles. The highest BCUT2D eigenvalue weighted by molar-refractivity contribution is 14.0. The Bertz CT molecular complexity index is 587. The van der Waals surface area contributed by atoms with E-state index in [1.165, 1.54) is 6.33 Å². The minimum atomic E-state index is 0. The lowest BCUT2D eigenvalue weighted by atomic mass is 10.3. The number of aromatic nitrogens is 3. The fraction of sp³-hybridized carbons (Fsp3) is 0.400. The quantitative estimate of drug-likeness (QED) is 0.302. The Morgan fingerprint density at radius 3 is 2.70 bits per heavy atom. The number of ether oxygens (including phenoxy) is 1. The molecule has 2 rings (SSSR count). The van der Waals surface area contributed by atoms with Crippen molar-refractivity contribution in [2.75, 3.05) is 20.2 Å². The van der Waals surface area contributed by atoms with Gasteiger partial charge in [-0.15, -0.1) is 24.0 Å². The zero-order valence-corrected chi connectivity index (χ0v) is 15.7. The number of aryl methyl sites for hydroxylation is 1. The van der Waals surface area contributed by atoms with Crippen LogP contribution in [0.4, 0.5) is 0 Å². The van der Waals surface area contributed by atoms with E-state index in [0.717, 1.165) is 30.5 Å². The van der Waals surface area contributed by atoms with E-state index < -0.39 is 0 Å².